The van der Waals surface area contributed by atoms with E-state index in [0.717, 1.165) is 27.8 Å². The van der Waals surface area contributed by atoms with Crippen LogP contribution in [0.1, 0.15) is 24.3 Å². The molecule has 0 saturated heterocycles. The maximum absolute atomic E-state index is 10.1. The van der Waals surface area contributed by atoms with Gasteiger partial charge in [-0.2, -0.15) is 0 Å². The van der Waals surface area contributed by atoms with Crippen LogP contribution in [0.25, 0.3) is 10.9 Å². The molecule has 0 amide bonds. The molecular weight excluding hydrogens is 240 g/mol. The Morgan fingerprint density at radius 1 is 1.32 bits per heavy atom. The largest absolute Gasteiger partial charge is 0.496 e. The molecule has 1 heterocycles. The van der Waals surface area contributed by atoms with Crippen molar-refractivity contribution in [2.75, 3.05) is 26.1 Å². The Hall–Kier alpha value is -1.81. The second kappa shape index (κ2) is 5.05. The molecule has 0 saturated carbocycles. The first-order valence-corrected chi connectivity index (χ1v) is 6.29. The van der Waals surface area contributed by atoms with Gasteiger partial charge in [0.05, 0.1) is 18.7 Å². The lowest BCUT2D eigenvalue weighted by molar-refractivity contribution is 0.196. The van der Waals surface area contributed by atoms with Gasteiger partial charge in [0.2, 0.25) is 0 Å². The number of methoxy groups -OCH3 is 1. The van der Waals surface area contributed by atoms with E-state index in [4.69, 9.17) is 4.74 Å². The summed E-state index contributed by atoms with van der Waals surface area (Å²) in [6, 6.07) is 5.81. The predicted octanol–water partition coefficient (Wildman–Crippen LogP) is 2.67. The highest BCUT2D eigenvalue weighted by molar-refractivity contribution is 5.96. The predicted molar refractivity (Wildman–Crippen MR) is 78.0 cm³/mol. The molecule has 4 heteroatoms. The molecule has 0 radical (unpaired) electrons. The van der Waals surface area contributed by atoms with Gasteiger partial charge in [0.15, 0.2) is 0 Å². The van der Waals surface area contributed by atoms with Crippen LogP contribution in [-0.2, 0) is 0 Å². The van der Waals surface area contributed by atoms with Crippen LogP contribution in [0.2, 0.25) is 0 Å². The minimum atomic E-state index is -0.609. The summed E-state index contributed by atoms with van der Waals surface area (Å²) in [5.74, 6) is 0.691. The lowest BCUT2D eigenvalue weighted by Crippen LogP contribution is -2.11. The van der Waals surface area contributed by atoms with E-state index >= 15 is 0 Å². The molecule has 0 bridgehead atoms. The molecule has 1 aromatic carbocycles. The number of hydrogen-bond acceptors (Lipinski definition) is 4. The topological polar surface area (TPSA) is 45.6 Å². The fraction of sp³-hybridized carbons (Fsp3) is 0.400. The molecule has 0 fully saturated rings. The van der Waals surface area contributed by atoms with Gasteiger partial charge >= 0.3 is 0 Å². The van der Waals surface area contributed by atoms with Crippen molar-refractivity contribution in [3.63, 3.8) is 0 Å². The number of aliphatic hydroxyl groups is 1. The standard InChI is InChI=1S/C15H20N2O2/c1-9-8-12(17(3)4)15-11(16-9)6-7-13(19-5)14(15)10(2)18/h6-8,10,18H,1-5H3. The van der Waals surface area contributed by atoms with E-state index in [-0.39, 0.29) is 0 Å². The van der Waals surface area contributed by atoms with E-state index in [9.17, 15) is 5.11 Å². The number of fused-ring (bicyclic) bond motifs is 1. The Balaban J connectivity index is 2.92. The van der Waals surface area contributed by atoms with E-state index in [1.54, 1.807) is 14.0 Å². The number of aliphatic hydroxyl groups excluding tert-OH is 1. The number of anilines is 1. The fourth-order valence-electron chi connectivity index (χ4n) is 2.39. The third kappa shape index (κ3) is 2.36. The Kier molecular flexibility index (Phi) is 3.62. The van der Waals surface area contributed by atoms with E-state index in [1.807, 2.05) is 44.1 Å². The van der Waals surface area contributed by atoms with Crippen LogP contribution in [0.4, 0.5) is 5.69 Å². The molecule has 19 heavy (non-hydrogen) atoms. The second-order valence-corrected chi connectivity index (χ2v) is 4.93. The molecule has 1 N–H and O–H groups in total. The molecule has 2 aromatic rings. The van der Waals surface area contributed by atoms with Crippen LogP contribution in [0.3, 0.4) is 0 Å². The molecule has 0 aliphatic heterocycles. The number of hydrogen-bond donors (Lipinski definition) is 1. The van der Waals surface area contributed by atoms with Crippen LogP contribution in [0.5, 0.6) is 5.75 Å². The highest BCUT2D eigenvalue weighted by Crippen LogP contribution is 2.37. The van der Waals surface area contributed by atoms with Gasteiger partial charge in [-0.15, -0.1) is 0 Å². The summed E-state index contributed by atoms with van der Waals surface area (Å²) in [4.78, 5) is 6.57. The van der Waals surface area contributed by atoms with Gasteiger partial charge < -0.3 is 14.7 Å². The maximum atomic E-state index is 10.1. The van der Waals surface area contributed by atoms with E-state index in [0.29, 0.717) is 5.75 Å². The summed E-state index contributed by atoms with van der Waals surface area (Å²) in [5.41, 5.74) is 3.66. The Labute approximate surface area is 113 Å². The van der Waals surface area contributed by atoms with Gasteiger partial charge in [-0.3, -0.25) is 4.98 Å². The van der Waals surface area contributed by atoms with Gasteiger partial charge in [0.25, 0.3) is 0 Å². The first-order chi connectivity index (χ1) is 8.95. The molecule has 2 rings (SSSR count). The quantitative estimate of drug-likeness (QED) is 0.921. The maximum Gasteiger partial charge on any atom is 0.125 e. The zero-order valence-electron chi connectivity index (χ0n) is 12.1. The number of nitrogens with zero attached hydrogens (tertiary/aromatic N) is 2. The van der Waals surface area contributed by atoms with Gasteiger partial charge in [-0.25, -0.2) is 0 Å². The molecule has 1 atom stereocenters. The van der Waals surface area contributed by atoms with Crippen LogP contribution in [0, 0.1) is 6.92 Å². The van der Waals surface area contributed by atoms with Crippen molar-refractivity contribution >= 4 is 16.6 Å². The van der Waals surface area contributed by atoms with Crippen LogP contribution in [0.15, 0.2) is 18.2 Å². The average Bonchev–Trinajstić information content (AvgIpc) is 2.35. The van der Waals surface area contributed by atoms with Crippen molar-refractivity contribution in [3.05, 3.63) is 29.5 Å². The summed E-state index contributed by atoms with van der Waals surface area (Å²) in [6.45, 7) is 3.72. The van der Waals surface area contributed by atoms with Gasteiger partial charge in [0, 0.05) is 36.4 Å². The number of rotatable bonds is 3. The first-order valence-electron chi connectivity index (χ1n) is 6.29. The van der Waals surface area contributed by atoms with E-state index in [2.05, 4.69) is 4.98 Å². The smallest absolute Gasteiger partial charge is 0.125 e. The lowest BCUT2D eigenvalue weighted by atomic mass is 10.0. The number of ether oxygens (including phenoxy) is 1. The summed E-state index contributed by atoms with van der Waals surface area (Å²) in [6.07, 6.45) is -0.609. The summed E-state index contributed by atoms with van der Waals surface area (Å²) in [7, 11) is 5.59. The van der Waals surface area contributed by atoms with Crippen molar-refractivity contribution < 1.29 is 9.84 Å². The number of aryl methyl sites for hydroxylation is 1. The number of pyridine rings is 1. The van der Waals surface area contributed by atoms with Gasteiger partial charge in [-0.05, 0) is 32.0 Å². The summed E-state index contributed by atoms with van der Waals surface area (Å²) in [5, 5.41) is 11.0. The first kappa shape index (κ1) is 13.6. The molecule has 0 aliphatic rings. The van der Waals surface area contributed by atoms with Gasteiger partial charge in [-0.1, -0.05) is 0 Å². The zero-order valence-corrected chi connectivity index (χ0v) is 12.1. The highest BCUT2D eigenvalue weighted by Gasteiger charge is 2.18. The Bertz CT molecular complexity index is 607. The normalized spacial score (nSPS) is 12.5. The molecule has 4 nitrogen and oxygen atoms in total. The molecule has 0 aliphatic carbocycles. The molecular formula is C15H20N2O2. The minimum Gasteiger partial charge on any atom is -0.496 e. The van der Waals surface area contributed by atoms with Gasteiger partial charge in [0.1, 0.15) is 5.75 Å². The Morgan fingerprint density at radius 2 is 2.00 bits per heavy atom. The number of benzene rings is 1. The monoisotopic (exact) mass is 260 g/mol. The lowest BCUT2D eigenvalue weighted by Gasteiger charge is -2.21. The summed E-state index contributed by atoms with van der Waals surface area (Å²) < 4.78 is 5.37. The van der Waals surface area contributed by atoms with Crippen LogP contribution >= 0.6 is 0 Å². The summed E-state index contributed by atoms with van der Waals surface area (Å²) >= 11 is 0. The van der Waals surface area contributed by atoms with Crippen LogP contribution in [-0.4, -0.2) is 31.3 Å². The van der Waals surface area contributed by atoms with Crippen molar-refractivity contribution in [2.24, 2.45) is 0 Å². The molecule has 1 aromatic heterocycles. The van der Waals surface area contributed by atoms with Crippen LogP contribution < -0.4 is 9.64 Å². The van der Waals surface area contributed by atoms with E-state index in [1.165, 1.54) is 0 Å². The van der Waals surface area contributed by atoms with Crippen molar-refractivity contribution in [2.45, 2.75) is 20.0 Å². The SMILES string of the molecule is COc1ccc2nc(C)cc(N(C)C)c2c1C(C)O. The number of aromatic nitrogens is 1. The Morgan fingerprint density at radius 3 is 2.53 bits per heavy atom. The minimum absolute atomic E-state index is 0.609. The fourth-order valence-corrected chi connectivity index (χ4v) is 2.39. The molecule has 1 unspecified atom stereocenters. The highest BCUT2D eigenvalue weighted by atomic mass is 16.5. The van der Waals surface area contributed by atoms with Crippen molar-refractivity contribution in [1.29, 1.82) is 0 Å². The zero-order chi connectivity index (χ0) is 14.2. The van der Waals surface area contributed by atoms with E-state index < -0.39 is 6.10 Å². The molecule has 102 valence electrons. The average molecular weight is 260 g/mol. The van der Waals surface area contributed by atoms with Crippen molar-refractivity contribution in [3.8, 4) is 5.75 Å². The van der Waals surface area contributed by atoms with Crippen molar-refractivity contribution in [1.82, 2.24) is 4.98 Å². The third-order valence-electron chi connectivity index (χ3n) is 3.20. The second-order valence-electron chi connectivity index (χ2n) is 4.93. The third-order valence-corrected chi connectivity index (χ3v) is 3.20. The molecule has 0 spiro atoms.